The van der Waals surface area contributed by atoms with Gasteiger partial charge in [-0.15, -0.1) is 0 Å². The number of carbonyl (C=O) groups excluding carboxylic acids is 3. The number of hydrogen-bond donors (Lipinski definition) is 2. The fraction of sp³-hybridized carbons (Fsp3) is 0.762. The number of unbranched alkanes of at least 4 members (excludes halogenated alkanes) is 4. The van der Waals surface area contributed by atoms with Gasteiger partial charge in [0, 0.05) is 31.5 Å². The minimum Gasteiger partial charge on any atom is -0.481 e. The quantitative estimate of drug-likeness (QED) is 0.0346. The lowest BCUT2D eigenvalue weighted by molar-refractivity contribution is -0.144. The Kier molecular flexibility index (Phi) is 27.2. The normalized spacial score (nSPS) is 13.4. The Morgan fingerprint density at radius 1 is 0.642 bits per heavy atom. The third-order valence-corrected chi connectivity index (χ3v) is 8.17. The van der Waals surface area contributed by atoms with Crippen LogP contribution in [0.1, 0.15) is 158 Å². The zero-order valence-electron chi connectivity index (χ0n) is 34.4. The molecule has 0 aliphatic carbocycles. The highest BCUT2D eigenvalue weighted by molar-refractivity contribution is 5.70. The van der Waals surface area contributed by atoms with Crippen molar-refractivity contribution in [3.8, 4) is 0 Å². The van der Waals surface area contributed by atoms with Crippen LogP contribution < -0.4 is 0 Å². The van der Waals surface area contributed by atoms with E-state index >= 15 is 0 Å². The van der Waals surface area contributed by atoms with Crippen molar-refractivity contribution in [1.82, 2.24) is 9.80 Å². The number of ether oxygens (including phenoxy) is 3. The fourth-order valence-electron chi connectivity index (χ4n) is 5.70. The van der Waals surface area contributed by atoms with Crippen molar-refractivity contribution in [1.29, 1.82) is 0 Å². The largest absolute Gasteiger partial charge is 0.481 e. The number of hydrogen-bond acceptors (Lipinski definition) is 8. The highest BCUT2D eigenvalue weighted by atomic mass is 16.6. The molecular formula is C42H74N2O9. The van der Waals surface area contributed by atoms with E-state index in [1.165, 1.54) is 0 Å². The first-order valence-electron chi connectivity index (χ1n) is 20.0. The molecule has 0 aromatic heterocycles. The van der Waals surface area contributed by atoms with E-state index in [1.807, 2.05) is 47.6 Å². The summed E-state index contributed by atoms with van der Waals surface area (Å²) in [5.74, 6) is -1.06. The third-order valence-electron chi connectivity index (χ3n) is 8.17. The van der Waals surface area contributed by atoms with E-state index in [9.17, 15) is 24.3 Å². The highest BCUT2D eigenvalue weighted by Gasteiger charge is 2.29. The van der Waals surface area contributed by atoms with Gasteiger partial charge < -0.3 is 34.2 Å². The number of aliphatic carboxylic acids is 1. The smallest absolute Gasteiger partial charge is 0.410 e. The molecule has 0 aromatic carbocycles. The number of amides is 2. The summed E-state index contributed by atoms with van der Waals surface area (Å²) in [7, 11) is 0. The maximum Gasteiger partial charge on any atom is 0.410 e. The van der Waals surface area contributed by atoms with Crippen LogP contribution >= 0.6 is 0 Å². The Balaban J connectivity index is 4.83. The first-order valence-corrected chi connectivity index (χ1v) is 20.0. The second-order valence-corrected chi connectivity index (χ2v) is 15.5. The lowest BCUT2D eigenvalue weighted by Gasteiger charge is -2.33. The lowest BCUT2D eigenvalue weighted by Crippen LogP contribution is -2.45. The average molecular weight is 751 g/mol. The van der Waals surface area contributed by atoms with Gasteiger partial charge in [-0.25, -0.2) is 9.59 Å². The monoisotopic (exact) mass is 751 g/mol. The molecule has 0 unspecified atom stereocenters. The number of allylic oxidation sites excluding steroid dienone is 5. The molecule has 2 atom stereocenters. The summed E-state index contributed by atoms with van der Waals surface area (Å²) in [4.78, 5) is 52.5. The highest BCUT2D eigenvalue weighted by Crippen LogP contribution is 2.20. The van der Waals surface area contributed by atoms with Crippen LogP contribution in [0.2, 0.25) is 0 Å². The maximum absolute atomic E-state index is 13.2. The first kappa shape index (κ1) is 49.7. The van der Waals surface area contributed by atoms with Crippen LogP contribution in [-0.4, -0.2) is 93.7 Å². The molecule has 0 fully saturated rings. The summed E-state index contributed by atoms with van der Waals surface area (Å²) < 4.78 is 16.8. The molecule has 0 bridgehead atoms. The predicted molar refractivity (Wildman–Crippen MR) is 212 cm³/mol. The number of carbonyl (C=O) groups is 4. The van der Waals surface area contributed by atoms with Crippen molar-refractivity contribution in [2.75, 3.05) is 26.3 Å². The van der Waals surface area contributed by atoms with Crippen molar-refractivity contribution in [2.45, 2.75) is 181 Å². The molecule has 11 heteroatoms. The van der Waals surface area contributed by atoms with Crippen molar-refractivity contribution in [3.63, 3.8) is 0 Å². The number of rotatable bonds is 28. The van der Waals surface area contributed by atoms with Crippen LogP contribution in [-0.2, 0) is 23.8 Å². The Morgan fingerprint density at radius 2 is 1.15 bits per heavy atom. The van der Waals surface area contributed by atoms with Crippen molar-refractivity contribution in [2.24, 2.45) is 0 Å². The first-order chi connectivity index (χ1) is 25.0. The Labute approximate surface area is 321 Å². The van der Waals surface area contributed by atoms with Crippen LogP contribution in [0, 0.1) is 0 Å². The van der Waals surface area contributed by atoms with Gasteiger partial charge in [0.25, 0.3) is 0 Å². The second kappa shape index (κ2) is 29.1. The lowest BCUT2D eigenvalue weighted by atomic mass is 10.0. The van der Waals surface area contributed by atoms with Gasteiger partial charge in [-0.2, -0.15) is 0 Å². The summed E-state index contributed by atoms with van der Waals surface area (Å²) in [6.45, 7) is 15.7. The number of carboxylic acid groups (broad SMARTS) is 1. The number of esters is 1. The van der Waals surface area contributed by atoms with Gasteiger partial charge in [0.2, 0.25) is 0 Å². The molecule has 11 nitrogen and oxygen atoms in total. The fourth-order valence-corrected chi connectivity index (χ4v) is 5.70. The molecule has 2 N–H and O–H groups in total. The summed E-state index contributed by atoms with van der Waals surface area (Å²) in [5.41, 5.74) is -1.24. The number of aliphatic hydroxyl groups excluding tert-OH is 1. The summed E-state index contributed by atoms with van der Waals surface area (Å²) in [6, 6.07) is -0.0703. The molecule has 0 aliphatic heterocycles. The van der Waals surface area contributed by atoms with Crippen molar-refractivity contribution >= 4 is 24.1 Å². The minimum atomic E-state index is -0.769. The van der Waals surface area contributed by atoms with Gasteiger partial charge in [0.15, 0.2) is 0 Å². The molecule has 0 rings (SSSR count). The zero-order valence-corrected chi connectivity index (χ0v) is 34.4. The Hall–Kier alpha value is -3.34. The number of aliphatic hydroxyl groups is 1. The van der Waals surface area contributed by atoms with Gasteiger partial charge in [0.05, 0.1) is 13.2 Å². The maximum atomic E-state index is 13.2. The second-order valence-electron chi connectivity index (χ2n) is 15.5. The zero-order chi connectivity index (χ0) is 40.1. The molecule has 53 heavy (non-hydrogen) atoms. The third kappa shape index (κ3) is 27.9. The van der Waals surface area contributed by atoms with E-state index in [-0.39, 0.29) is 50.8 Å². The van der Waals surface area contributed by atoms with E-state index in [1.54, 1.807) is 9.80 Å². The standard InChI is InChI=1S/C42H74N2O9/c1-9-25-35(43(31-33-45)39(49)52-41(3,4)5)27-21-17-14-12-16-20-24-30-38(48)51-34-32-44(40(50)53-42(6,7)8)36(26-10-2)28-22-18-13-11-15-19-23-29-37(46)47/h11-12,15-17,21,35-36,45H,9-10,13-14,18-20,22-34H2,1-8H3,(H,46,47)/b15-11-,16-12-,21-17-/t35-,36-/m0/s1. The van der Waals surface area contributed by atoms with Crippen molar-refractivity contribution in [3.05, 3.63) is 36.5 Å². The number of carboxylic acids is 1. The van der Waals surface area contributed by atoms with Crippen molar-refractivity contribution < 1.29 is 43.6 Å². The Morgan fingerprint density at radius 3 is 1.70 bits per heavy atom. The molecule has 0 saturated carbocycles. The van der Waals surface area contributed by atoms with Gasteiger partial charge in [-0.05, 0) is 112 Å². The average Bonchev–Trinajstić information content (AvgIpc) is 3.05. The van der Waals surface area contributed by atoms with Gasteiger partial charge in [0.1, 0.15) is 17.8 Å². The molecule has 0 radical (unpaired) electrons. The number of nitrogens with zero attached hydrogens (tertiary/aromatic N) is 2. The Bertz CT molecular complexity index is 1100. The van der Waals surface area contributed by atoms with Gasteiger partial charge in [-0.1, -0.05) is 69.6 Å². The molecule has 0 aromatic rings. The van der Waals surface area contributed by atoms with Crippen LogP contribution in [0.4, 0.5) is 9.59 Å². The molecule has 0 aliphatic rings. The minimum absolute atomic E-state index is 0.0192. The van der Waals surface area contributed by atoms with E-state index in [0.717, 1.165) is 70.6 Å². The molecule has 0 spiro atoms. The molecule has 0 heterocycles. The summed E-state index contributed by atoms with van der Waals surface area (Å²) in [6.07, 6.45) is 23.4. The molecular weight excluding hydrogens is 676 g/mol. The van der Waals surface area contributed by atoms with Crippen LogP contribution in [0.15, 0.2) is 36.5 Å². The van der Waals surface area contributed by atoms with Crippen LogP contribution in [0.5, 0.6) is 0 Å². The molecule has 306 valence electrons. The summed E-state index contributed by atoms with van der Waals surface area (Å²) in [5, 5.41) is 18.3. The van der Waals surface area contributed by atoms with Gasteiger partial charge >= 0.3 is 24.1 Å². The molecule has 0 saturated heterocycles. The predicted octanol–water partition coefficient (Wildman–Crippen LogP) is 9.77. The summed E-state index contributed by atoms with van der Waals surface area (Å²) >= 11 is 0. The topological polar surface area (TPSA) is 143 Å². The van der Waals surface area contributed by atoms with E-state index in [0.29, 0.717) is 25.7 Å². The van der Waals surface area contributed by atoms with E-state index < -0.39 is 29.4 Å². The van der Waals surface area contributed by atoms with E-state index in [4.69, 9.17) is 19.3 Å². The SMILES string of the molecule is CCC[C@@H](CCCC/C=C\CCCC(=O)O)N(CCOC(=O)CCC/C=C\C/C=C\C[C@H](CCC)N(CCO)C(=O)OC(C)(C)C)C(=O)OC(C)(C)C. The van der Waals surface area contributed by atoms with Crippen LogP contribution in [0.3, 0.4) is 0 Å². The molecule has 2 amide bonds. The van der Waals surface area contributed by atoms with Gasteiger partial charge in [-0.3, -0.25) is 9.59 Å². The van der Waals surface area contributed by atoms with E-state index in [2.05, 4.69) is 44.2 Å². The van der Waals surface area contributed by atoms with Crippen LogP contribution in [0.25, 0.3) is 0 Å².